The molecule has 3 aliphatic heterocycles. The average molecular weight is 593 g/mol. The monoisotopic (exact) mass is 592 g/mol. The van der Waals surface area contributed by atoms with E-state index in [9.17, 15) is 19.8 Å². The maximum absolute atomic E-state index is 12.6. The Labute approximate surface area is 255 Å². The Kier molecular flexibility index (Phi) is 16.7. The molecule has 7 heteroatoms. The maximum atomic E-state index is 12.6. The van der Waals surface area contributed by atoms with Crippen LogP contribution >= 0.6 is 0 Å². The van der Waals surface area contributed by atoms with Gasteiger partial charge in [0, 0.05) is 24.8 Å². The van der Waals surface area contributed by atoms with Gasteiger partial charge in [0.1, 0.15) is 11.9 Å². The van der Waals surface area contributed by atoms with Crippen molar-refractivity contribution in [2.75, 3.05) is 0 Å². The van der Waals surface area contributed by atoms with Crippen molar-refractivity contribution in [3.63, 3.8) is 0 Å². The molecule has 0 aromatic rings. The largest absolute Gasteiger partial charge is 0.455 e. The lowest BCUT2D eigenvalue weighted by Crippen LogP contribution is -2.31. The summed E-state index contributed by atoms with van der Waals surface area (Å²) in [7, 11) is 0. The number of ether oxygens (including phenoxy) is 3. The van der Waals surface area contributed by atoms with Gasteiger partial charge in [-0.05, 0) is 64.4 Å². The van der Waals surface area contributed by atoms with Gasteiger partial charge in [0.2, 0.25) is 0 Å². The Morgan fingerprint density at radius 3 is 1.98 bits per heavy atom. The fourth-order valence-electron chi connectivity index (χ4n) is 6.81. The van der Waals surface area contributed by atoms with E-state index in [1.54, 1.807) is 0 Å². The number of aliphatic hydroxyl groups is 2. The molecule has 2 fully saturated rings. The van der Waals surface area contributed by atoms with E-state index < -0.39 is 12.2 Å². The summed E-state index contributed by atoms with van der Waals surface area (Å²) in [6, 6.07) is 0. The minimum atomic E-state index is -0.545. The van der Waals surface area contributed by atoms with Crippen LogP contribution in [0, 0.1) is 0 Å². The van der Waals surface area contributed by atoms with Crippen molar-refractivity contribution in [1.82, 2.24) is 0 Å². The number of carbonyl (C=O) groups is 2. The number of aliphatic hydroxyl groups excluding tert-OH is 2. The van der Waals surface area contributed by atoms with Gasteiger partial charge in [-0.15, -0.1) is 0 Å². The topological polar surface area (TPSA) is 102 Å². The molecule has 3 aliphatic rings. The van der Waals surface area contributed by atoms with Crippen molar-refractivity contribution in [3.05, 3.63) is 11.6 Å². The number of carbonyl (C=O) groups excluding carboxylic acids is 2. The number of hydrogen-bond donors (Lipinski definition) is 2. The summed E-state index contributed by atoms with van der Waals surface area (Å²) in [4.78, 5) is 24.5. The highest BCUT2D eigenvalue weighted by Crippen LogP contribution is 2.30. The number of Topliss-reactive ketones (excluding diaryl/α,β-unsaturated/α-hetero) is 1. The lowest BCUT2D eigenvalue weighted by Gasteiger charge is -2.30. The molecule has 0 unspecified atom stereocenters. The number of unbranched alkanes of at least 4 members (excludes halogenated alkanes) is 10. The van der Waals surface area contributed by atoms with Crippen molar-refractivity contribution in [1.29, 1.82) is 0 Å². The van der Waals surface area contributed by atoms with E-state index in [2.05, 4.69) is 6.92 Å². The maximum Gasteiger partial charge on any atom is 0.334 e. The smallest absolute Gasteiger partial charge is 0.334 e. The number of rotatable bonds is 22. The summed E-state index contributed by atoms with van der Waals surface area (Å²) in [6.07, 6.45) is 21.9. The molecular formula is C35H60O7. The van der Waals surface area contributed by atoms with Crippen LogP contribution < -0.4 is 0 Å². The third-order valence-electron chi connectivity index (χ3n) is 9.33. The number of cyclic esters (lactones) is 1. The highest BCUT2D eigenvalue weighted by Gasteiger charge is 2.34. The molecule has 0 saturated carbocycles. The van der Waals surface area contributed by atoms with E-state index in [0.717, 1.165) is 57.8 Å². The van der Waals surface area contributed by atoms with Crippen LogP contribution in [0.15, 0.2) is 11.6 Å². The second-order valence-electron chi connectivity index (χ2n) is 13.2. The van der Waals surface area contributed by atoms with Crippen LogP contribution in [-0.2, 0) is 23.8 Å². The molecule has 0 aromatic carbocycles. The first kappa shape index (κ1) is 35.2. The van der Waals surface area contributed by atoms with E-state index in [0.29, 0.717) is 31.3 Å². The molecule has 2 saturated heterocycles. The third-order valence-corrected chi connectivity index (χ3v) is 9.33. The van der Waals surface area contributed by atoms with Crippen LogP contribution in [0.2, 0.25) is 0 Å². The molecule has 3 rings (SSSR count). The summed E-state index contributed by atoms with van der Waals surface area (Å²) in [5, 5.41) is 21.3. The Morgan fingerprint density at radius 1 is 0.810 bits per heavy atom. The van der Waals surface area contributed by atoms with Crippen molar-refractivity contribution < 1.29 is 34.0 Å². The number of hydrogen-bond acceptors (Lipinski definition) is 7. The third kappa shape index (κ3) is 13.2. The Bertz CT molecular complexity index is 811. The normalized spacial score (nSPS) is 27.6. The highest BCUT2D eigenvalue weighted by molar-refractivity contribution is 5.90. The quantitative estimate of drug-likeness (QED) is 0.101. The van der Waals surface area contributed by atoms with Gasteiger partial charge in [-0.1, -0.05) is 77.6 Å². The zero-order chi connectivity index (χ0) is 30.2. The predicted molar refractivity (Wildman–Crippen MR) is 165 cm³/mol. The molecule has 0 radical (unpaired) electrons. The van der Waals surface area contributed by atoms with E-state index in [1.807, 2.05) is 13.0 Å². The molecular weight excluding hydrogens is 532 g/mol. The molecule has 42 heavy (non-hydrogen) atoms. The van der Waals surface area contributed by atoms with Gasteiger partial charge in [-0.25, -0.2) is 4.79 Å². The van der Waals surface area contributed by atoms with Crippen molar-refractivity contribution >= 4 is 11.8 Å². The van der Waals surface area contributed by atoms with Crippen LogP contribution in [0.5, 0.6) is 0 Å². The van der Waals surface area contributed by atoms with Crippen molar-refractivity contribution in [2.24, 2.45) is 0 Å². The Hall–Kier alpha value is -1.28. The summed E-state index contributed by atoms with van der Waals surface area (Å²) < 4.78 is 17.4. The minimum absolute atomic E-state index is 0.0283. The summed E-state index contributed by atoms with van der Waals surface area (Å²) >= 11 is 0. The zero-order valence-electron chi connectivity index (χ0n) is 26.6. The SMILES string of the molecule is CCCCCCCCCCCC[C@H](O)[C@@H]1CC[C@H]([C@H](O)CCCCC(=O)C[C@@H]2CCC[C@H](CC3=C[C@H](C)OC3=O)O2)O1. The van der Waals surface area contributed by atoms with Gasteiger partial charge in [0.15, 0.2) is 0 Å². The predicted octanol–water partition coefficient (Wildman–Crippen LogP) is 7.29. The fraction of sp³-hybridized carbons (Fsp3) is 0.886. The van der Waals surface area contributed by atoms with E-state index in [4.69, 9.17) is 14.2 Å². The molecule has 242 valence electrons. The minimum Gasteiger partial charge on any atom is -0.455 e. The zero-order valence-corrected chi connectivity index (χ0v) is 26.6. The first-order valence-electron chi connectivity index (χ1n) is 17.5. The van der Waals surface area contributed by atoms with Crippen LogP contribution in [0.1, 0.15) is 155 Å². The van der Waals surface area contributed by atoms with Crippen LogP contribution in [0.25, 0.3) is 0 Å². The van der Waals surface area contributed by atoms with E-state index in [-0.39, 0.29) is 42.3 Å². The molecule has 2 N–H and O–H groups in total. The van der Waals surface area contributed by atoms with Crippen LogP contribution in [-0.4, -0.2) is 64.7 Å². The highest BCUT2D eigenvalue weighted by atomic mass is 16.5. The van der Waals surface area contributed by atoms with Gasteiger partial charge in [0.25, 0.3) is 0 Å². The molecule has 0 amide bonds. The van der Waals surface area contributed by atoms with Crippen LogP contribution in [0.4, 0.5) is 0 Å². The first-order valence-corrected chi connectivity index (χ1v) is 17.5. The van der Waals surface area contributed by atoms with Gasteiger partial charge in [0.05, 0.1) is 36.6 Å². The molecule has 0 aliphatic carbocycles. The summed E-state index contributed by atoms with van der Waals surface area (Å²) in [5.74, 6) is -0.0407. The van der Waals surface area contributed by atoms with Crippen LogP contribution in [0.3, 0.4) is 0 Å². The average Bonchev–Trinajstić information content (AvgIpc) is 3.58. The number of ketones is 1. The Morgan fingerprint density at radius 2 is 1.38 bits per heavy atom. The van der Waals surface area contributed by atoms with E-state index >= 15 is 0 Å². The molecule has 3 heterocycles. The van der Waals surface area contributed by atoms with Crippen molar-refractivity contribution in [3.8, 4) is 0 Å². The molecule has 0 spiro atoms. The van der Waals surface area contributed by atoms with E-state index in [1.165, 1.54) is 57.8 Å². The standard InChI is InChI=1S/C35H60O7/c1-3-4-5-6-7-8-9-10-11-12-19-31(37)33-21-22-34(42-33)32(38)20-14-13-16-28(36)25-30-18-15-17-29(41-30)24-27-23-26(2)40-35(27)39/h23,26,29-34,37-38H,3-22,24-25H2,1-2H3/t26-,29+,30-,31-,32+,33-,34+/m0/s1. The van der Waals surface area contributed by atoms with Crippen molar-refractivity contribution in [2.45, 2.75) is 198 Å². The second kappa shape index (κ2) is 19.9. The van der Waals surface area contributed by atoms with Gasteiger partial charge in [-0.3, -0.25) is 4.79 Å². The fourth-order valence-corrected chi connectivity index (χ4v) is 6.81. The van der Waals surface area contributed by atoms with Gasteiger partial charge < -0.3 is 24.4 Å². The lowest BCUT2D eigenvalue weighted by molar-refractivity contribution is -0.140. The van der Waals surface area contributed by atoms with Gasteiger partial charge in [-0.2, -0.15) is 0 Å². The summed E-state index contributed by atoms with van der Waals surface area (Å²) in [6.45, 7) is 4.11. The molecule has 7 atom stereocenters. The van der Waals surface area contributed by atoms with Gasteiger partial charge >= 0.3 is 5.97 Å². The molecule has 0 bridgehead atoms. The summed E-state index contributed by atoms with van der Waals surface area (Å²) in [5.41, 5.74) is 0.694. The first-order chi connectivity index (χ1) is 20.4. The molecule has 7 nitrogen and oxygen atoms in total. The number of esters is 1. The lowest BCUT2D eigenvalue weighted by atomic mass is 9.95. The second-order valence-corrected chi connectivity index (χ2v) is 13.2. The Balaban J connectivity index is 1.19. The molecule has 0 aromatic heterocycles.